The van der Waals surface area contributed by atoms with Gasteiger partial charge in [0.1, 0.15) is 0 Å². The molecule has 0 aliphatic rings. The van der Waals surface area contributed by atoms with Crippen LogP contribution in [0.25, 0.3) is 0 Å². The third-order valence-corrected chi connectivity index (χ3v) is 3.26. The molecule has 0 fully saturated rings. The lowest BCUT2D eigenvalue weighted by Gasteiger charge is -2.01. The largest absolute Gasteiger partial charge is 0.198 e. The molecule has 2 rings (SSSR count). The fourth-order valence-corrected chi connectivity index (χ4v) is 2.20. The fourth-order valence-electron chi connectivity index (χ4n) is 1.54. The molecule has 0 aliphatic heterocycles. The first-order chi connectivity index (χ1) is 7.88. The first-order valence-corrected chi connectivity index (χ1v) is 6.43. The summed E-state index contributed by atoms with van der Waals surface area (Å²) in [7, 11) is 0. The molecule has 16 heavy (non-hydrogen) atoms. The Balaban J connectivity index is 1.90. The summed E-state index contributed by atoms with van der Waals surface area (Å²) in [4.78, 5) is 1.34. The van der Waals surface area contributed by atoms with E-state index in [1.807, 2.05) is 11.8 Å². The van der Waals surface area contributed by atoms with Gasteiger partial charge in [-0.1, -0.05) is 19.1 Å². The van der Waals surface area contributed by atoms with Crippen LogP contribution in [0.3, 0.4) is 0 Å². The Hall–Kier alpha value is -1.29. The third-order valence-electron chi connectivity index (χ3n) is 2.37. The van der Waals surface area contributed by atoms with Crippen molar-refractivity contribution in [3.63, 3.8) is 0 Å². The summed E-state index contributed by atoms with van der Waals surface area (Å²) in [5, 5.41) is 10.5. The molecule has 0 amide bonds. The second kappa shape index (κ2) is 5.70. The molecular formula is C12H15N3S. The van der Waals surface area contributed by atoms with Crippen LogP contribution < -0.4 is 0 Å². The van der Waals surface area contributed by atoms with Crippen LogP contribution in [0, 0.1) is 0 Å². The quantitative estimate of drug-likeness (QED) is 0.807. The number of hydrogen-bond acceptors (Lipinski definition) is 3. The number of nitrogens with zero attached hydrogens (tertiary/aromatic N) is 2. The summed E-state index contributed by atoms with van der Waals surface area (Å²) < 4.78 is 0. The van der Waals surface area contributed by atoms with Gasteiger partial charge in [-0.25, -0.2) is 0 Å². The number of aryl methyl sites for hydroxylation is 2. The lowest BCUT2D eigenvalue weighted by atomic mass is 10.1. The first kappa shape index (κ1) is 11.2. The van der Waals surface area contributed by atoms with Gasteiger partial charge in [0.2, 0.25) is 0 Å². The Morgan fingerprint density at radius 3 is 2.62 bits per heavy atom. The van der Waals surface area contributed by atoms with Crippen molar-refractivity contribution in [3.8, 4) is 0 Å². The number of benzene rings is 1. The molecular weight excluding hydrogens is 218 g/mol. The van der Waals surface area contributed by atoms with Crippen molar-refractivity contribution in [2.45, 2.75) is 24.7 Å². The van der Waals surface area contributed by atoms with Gasteiger partial charge in [0.15, 0.2) is 0 Å². The topological polar surface area (TPSA) is 41.6 Å². The van der Waals surface area contributed by atoms with Crippen LogP contribution in [0.15, 0.2) is 35.4 Å². The molecule has 0 aliphatic carbocycles. The standard InChI is InChI=1S/C12H15N3S/c1-2-16-12-7-4-10(5-8-12)3-6-11-9-13-15-14-11/h4-5,7-9H,2-3,6H2,1H3,(H,13,14,15). The molecule has 0 spiro atoms. The number of hydrogen-bond donors (Lipinski definition) is 1. The van der Waals surface area contributed by atoms with E-state index in [1.54, 1.807) is 6.20 Å². The van der Waals surface area contributed by atoms with E-state index in [9.17, 15) is 0 Å². The van der Waals surface area contributed by atoms with Crippen molar-refractivity contribution in [1.82, 2.24) is 15.4 Å². The average molecular weight is 233 g/mol. The number of aromatic amines is 1. The minimum absolute atomic E-state index is 0.941. The van der Waals surface area contributed by atoms with Gasteiger partial charge in [-0.05, 0) is 36.3 Å². The van der Waals surface area contributed by atoms with Crippen LogP contribution in [-0.4, -0.2) is 21.2 Å². The maximum absolute atomic E-state index is 4.04. The molecule has 0 saturated heterocycles. The molecule has 0 saturated carbocycles. The second-order valence-electron chi connectivity index (χ2n) is 3.54. The second-order valence-corrected chi connectivity index (χ2v) is 4.88. The molecule has 3 nitrogen and oxygen atoms in total. The van der Waals surface area contributed by atoms with Crippen molar-refractivity contribution in [1.29, 1.82) is 0 Å². The van der Waals surface area contributed by atoms with Crippen molar-refractivity contribution < 1.29 is 0 Å². The summed E-state index contributed by atoms with van der Waals surface area (Å²) >= 11 is 1.87. The van der Waals surface area contributed by atoms with E-state index in [0.29, 0.717) is 0 Å². The summed E-state index contributed by atoms with van der Waals surface area (Å²) in [6.45, 7) is 2.17. The van der Waals surface area contributed by atoms with Crippen molar-refractivity contribution in [2.24, 2.45) is 0 Å². The number of rotatable bonds is 5. The lowest BCUT2D eigenvalue weighted by molar-refractivity contribution is 0.870. The molecule has 4 heteroatoms. The normalized spacial score (nSPS) is 10.6. The van der Waals surface area contributed by atoms with Crippen LogP contribution in [-0.2, 0) is 12.8 Å². The highest BCUT2D eigenvalue weighted by Gasteiger charge is 1.98. The molecule has 0 atom stereocenters. The predicted octanol–water partition coefficient (Wildman–Crippen LogP) is 2.70. The molecule has 1 aromatic heterocycles. The predicted molar refractivity (Wildman–Crippen MR) is 66.6 cm³/mol. The third kappa shape index (κ3) is 3.10. The monoisotopic (exact) mass is 233 g/mol. The molecule has 2 aromatic rings. The van der Waals surface area contributed by atoms with Gasteiger partial charge < -0.3 is 0 Å². The maximum Gasteiger partial charge on any atom is 0.0828 e. The van der Waals surface area contributed by atoms with Crippen LogP contribution in [0.2, 0.25) is 0 Å². The highest BCUT2D eigenvalue weighted by atomic mass is 32.2. The molecule has 0 radical (unpaired) electrons. The molecule has 84 valence electrons. The molecule has 1 heterocycles. The number of thioether (sulfide) groups is 1. The lowest BCUT2D eigenvalue weighted by Crippen LogP contribution is -1.91. The van der Waals surface area contributed by atoms with Crippen LogP contribution in [0.1, 0.15) is 18.2 Å². The van der Waals surface area contributed by atoms with Gasteiger partial charge in [0.25, 0.3) is 0 Å². The summed E-state index contributed by atoms with van der Waals surface area (Å²) in [5.41, 5.74) is 2.37. The Morgan fingerprint density at radius 1 is 1.19 bits per heavy atom. The summed E-state index contributed by atoms with van der Waals surface area (Å²) in [6.07, 6.45) is 3.74. The van der Waals surface area contributed by atoms with Crippen LogP contribution >= 0.6 is 11.8 Å². The summed E-state index contributed by atoms with van der Waals surface area (Å²) in [5.74, 6) is 1.12. The first-order valence-electron chi connectivity index (χ1n) is 5.45. The van der Waals surface area contributed by atoms with Gasteiger partial charge in [-0.2, -0.15) is 15.4 Å². The number of nitrogens with one attached hydrogen (secondary N) is 1. The molecule has 0 bridgehead atoms. The van der Waals surface area contributed by atoms with Crippen molar-refractivity contribution in [2.75, 3.05) is 5.75 Å². The highest BCUT2D eigenvalue weighted by Crippen LogP contribution is 2.18. The van der Waals surface area contributed by atoms with Gasteiger partial charge in [0, 0.05) is 4.90 Å². The zero-order valence-electron chi connectivity index (χ0n) is 9.31. The Morgan fingerprint density at radius 2 is 2.00 bits per heavy atom. The van der Waals surface area contributed by atoms with E-state index in [4.69, 9.17) is 0 Å². The Kier molecular flexibility index (Phi) is 3.99. The molecule has 1 aromatic carbocycles. The minimum Gasteiger partial charge on any atom is -0.198 e. The Bertz CT molecular complexity index is 408. The highest BCUT2D eigenvalue weighted by molar-refractivity contribution is 7.99. The van der Waals surface area contributed by atoms with Gasteiger partial charge in [-0.15, -0.1) is 11.8 Å². The van der Waals surface area contributed by atoms with E-state index < -0.39 is 0 Å². The van der Waals surface area contributed by atoms with Crippen molar-refractivity contribution >= 4 is 11.8 Å². The van der Waals surface area contributed by atoms with Gasteiger partial charge >= 0.3 is 0 Å². The van der Waals surface area contributed by atoms with Gasteiger partial charge in [-0.3, -0.25) is 0 Å². The zero-order valence-corrected chi connectivity index (χ0v) is 10.1. The van der Waals surface area contributed by atoms with Crippen molar-refractivity contribution in [3.05, 3.63) is 41.7 Å². The van der Waals surface area contributed by atoms with E-state index in [-0.39, 0.29) is 0 Å². The van der Waals surface area contributed by atoms with Crippen LogP contribution in [0.4, 0.5) is 0 Å². The fraction of sp³-hybridized carbons (Fsp3) is 0.333. The molecule has 1 N–H and O–H groups in total. The van der Waals surface area contributed by atoms with Crippen LogP contribution in [0.5, 0.6) is 0 Å². The SMILES string of the molecule is CCSc1ccc(CCc2cn[nH]n2)cc1. The summed E-state index contributed by atoms with van der Waals surface area (Å²) in [6, 6.07) is 8.76. The maximum atomic E-state index is 4.04. The van der Waals surface area contributed by atoms with Gasteiger partial charge in [0.05, 0.1) is 11.9 Å². The molecule has 0 unspecified atom stereocenters. The van der Waals surface area contributed by atoms with E-state index in [0.717, 1.165) is 24.3 Å². The average Bonchev–Trinajstić information content (AvgIpc) is 2.82. The van der Waals surface area contributed by atoms with E-state index >= 15 is 0 Å². The zero-order chi connectivity index (χ0) is 11.2. The number of aromatic nitrogens is 3. The van der Waals surface area contributed by atoms with E-state index in [1.165, 1.54) is 10.5 Å². The smallest absolute Gasteiger partial charge is 0.0828 e. The minimum atomic E-state index is 0.941. The number of H-pyrrole nitrogens is 1. The Labute approximate surface area is 99.7 Å². The van der Waals surface area contributed by atoms with E-state index in [2.05, 4.69) is 46.6 Å².